The molecule has 0 aliphatic carbocycles. The first-order valence-corrected chi connectivity index (χ1v) is 7.52. The lowest BCUT2D eigenvalue weighted by atomic mass is 10.4. The van der Waals surface area contributed by atoms with Crippen LogP contribution in [0.2, 0.25) is 0 Å². The molecule has 3 nitrogen and oxygen atoms in total. The van der Waals surface area contributed by atoms with Crippen molar-refractivity contribution in [1.82, 2.24) is 0 Å². The highest BCUT2D eigenvalue weighted by molar-refractivity contribution is 8.43. The molecule has 1 aliphatic rings. The second-order valence-corrected chi connectivity index (χ2v) is 7.71. The molecule has 1 heterocycles. The van der Waals surface area contributed by atoms with Crippen LogP contribution in [0.3, 0.4) is 0 Å². The van der Waals surface area contributed by atoms with E-state index in [1.54, 1.807) is 0 Å². The lowest BCUT2D eigenvalue weighted by Crippen LogP contribution is -2.04. The largest absolute Gasteiger partial charge is 0.301 e. The minimum atomic E-state index is -3.46. The smallest absolute Gasteiger partial charge is 0.206 e. The van der Waals surface area contributed by atoms with Gasteiger partial charge in [-0.15, -0.1) is 4.40 Å². The third kappa shape index (κ3) is 3.70. The first-order chi connectivity index (χ1) is 7.33. The van der Waals surface area contributed by atoms with Gasteiger partial charge in [0.25, 0.3) is 10.0 Å². The third-order valence-corrected chi connectivity index (χ3v) is 6.18. The second kappa shape index (κ2) is 5.46. The Hall–Kier alpha value is -0.150. The van der Waals surface area contributed by atoms with Crippen LogP contribution in [-0.4, -0.2) is 23.1 Å². The summed E-state index contributed by atoms with van der Waals surface area (Å²) >= 11 is 1.99. The van der Waals surface area contributed by atoms with E-state index >= 15 is 0 Å². The van der Waals surface area contributed by atoms with E-state index in [1.165, 1.54) is 6.92 Å². The number of hydrogen-bond acceptors (Lipinski definition) is 4. The van der Waals surface area contributed by atoms with E-state index in [-0.39, 0.29) is 10.1 Å². The SMILES string of the molecule is CC1SC(SCCC(F)=C(F)F)=NS1(=O)=O. The van der Waals surface area contributed by atoms with Crippen molar-refractivity contribution in [2.45, 2.75) is 17.9 Å². The third-order valence-electron chi connectivity index (χ3n) is 1.64. The van der Waals surface area contributed by atoms with Gasteiger partial charge in [0.2, 0.25) is 0 Å². The number of allylic oxidation sites excluding steroid dienone is 1. The van der Waals surface area contributed by atoms with Gasteiger partial charge in [-0.25, -0.2) is 12.8 Å². The fourth-order valence-electron chi connectivity index (χ4n) is 0.785. The van der Waals surface area contributed by atoms with E-state index in [0.29, 0.717) is 0 Å². The highest BCUT2D eigenvalue weighted by atomic mass is 32.3. The van der Waals surface area contributed by atoms with E-state index in [1.807, 2.05) is 0 Å². The average molecular weight is 291 g/mol. The van der Waals surface area contributed by atoms with Gasteiger partial charge in [0.05, 0.1) is 0 Å². The lowest BCUT2D eigenvalue weighted by Gasteiger charge is -1.98. The fraction of sp³-hybridized carbons (Fsp3) is 0.571. The Morgan fingerprint density at radius 1 is 1.50 bits per heavy atom. The number of hydrogen-bond donors (Lipinski definition) is 0. The van der Waals surface area contributed by atoms with Crippen molar-refractivity contribution in [2.75, 3.05) is 5.75 Å². The Morgan fingerprint density at radius 2 is 2.12 bits per heavy atom. The zero-order chi connectivity index (χ0) is 12.3. The van der Waals surface area contributed by atoms with Gasteiger partial charge in [0.1, 0.15) is 8.96 Å². The monoisotopic (exact) mass is 291 g/mol. The molecule has 0 fully saturated rings. The molecule has 1 rings (SSSR count). The zero-order valence-corrected chi connectivity index (χ0v) is 10.6. The Bertz CT molecular complexity index is 428. The molecule has 1 aliphatic heterocycles. The van der Waals surface area contributed by atoms with Crippen LogP contribution in [0.15, 0.2) is 16.3 Å². The van der Waals surface area contributed by atoms with Gasteiger partial charge >= 0.3 is 6.08 Å². The number of sulfonamides is 1. The van der Waals surface area contributed by atoms with E-state index in [9.17, 15) is 21.6 Å². The molecule has 0 aromatic carbocycles. The van der Waals surface area contributed by atoms with Crippen molar-refractivity contribution in [2.24, 2.45) is 4.40 Å². The maximum Gasteiger partial charge on any atom is 0.301 e. The summed E-state index contributed by atoms with van der Waals surface area (Å²) in [7, 11) is -3.46. The second-order valence-electron chi connectivity index (χ2n) is 2.82. The van der Waals surface area contributed by atoms with Crippen molar-refractivity contribution >= 4 is 37.9 Å². The van der Waals surface area contributed by atoms with Crippen LogP contribution in [0.5, 0.6) is 0 Å². The maximum atomic E-state index is 12.4. The van der Waals surface area contributed by atoms with Crippen molar-refractivity contribution in [3.05, 3.63) is 11.9 Å². The molecule has 0 amide bonds. The molecule has 0 bridgehead atoms. The van der Waals surface area contributed by atoms with Crippen molar-refractivity contribution in [1.29, 1.82) is 0 Å². The number of rotatable bonds is 3. The van der Waals surface area contributed by atoms with E-state index in [0.717, 1.165) is 23.5 Å². The van der Waals surface area contributed by atoms with Crippen LogP contribution in [0.25, 0.3) is 0 Å². The zero-order valence-electron chi connectivity index (χ0n) is 8.11. The number of nitrogens with zero attached hydrogens (tertiary/aromatic N) is 1. The molecule has 0 saturated carbocycles. The molecule has 0 N–H and O–H groups in total. The maximum absolute atomic E-state index is 12.4. The molecule has 1 unspecified atom stereocenters. The molecule has 0 aromatic heterocycles. The summed E-state index contributed by atoms with van der Waals surface area (Å²) in [6.07, 6.45) is -2.76. The Morgan fingerprint density at radius 3 is 2.56 bits per heavy atom. The average Bonchev–Trinajstić information content (AvgIpc) is 2.40. The Balaban J connectivity index is 2.45. The summed E-state index contributed by atoms with van der Waals surface area (Å²) in [6, 6.07) is 0. The van der Waals surface area contributed by atoms with Crippen LogP contribution in [-0.2, 0) is 10.0 Å². The molecule has 0 aromatic rings. The predicted molar refractivity (Wildman–Crippen MR) is 60.8 cm³/mol. The van der Waals surface area contributed by atoms with Crippen LogP contribution in [0.1, 0.15) is 13.3 Å². The summed E-state index contributed by atoms with van der Waals surface area (Å²) in [5, 5.41) is 0. The van der Waals surface area contributed by atoms with Crippen molar-refractivity contribution < 1.29 is 21.6 Å². The van der Waals surface area contributed by atoms with Gasteiger partial charge in [0, 0.05) is 12.2 Å². The minimum absolute atomic E-state index is 0.0389. The predicted octanol–water partition coefficient (Wildman–Crippen LogP) is 2.97. The lowest BCUT2D eigenvalue weighted by molar-refractivity contribution is 0.373. The summed E-state index contributed by atoms with van der Waals surface area (Å²) < 4.78 is 61.1. The summed E-state index contributed by atoms with van der Waals surface area (Å²) in [6.45, 7) is 1.48. The van der Waals surface area contributed by atoms with Crippen LogP contribution < -0.4 is 0 Å². The van der Waals surface area contributed by atoms with Crippen LogP contribution >= 0.6 is 23.5 Å². The van der Waals surface area contributed by atoms with Gasteiger partial charge in [-0.05, 0) is 6.92 Å². The van der Waals surface area contributed by atoms with Crippen molar-refractivity contribution in [3.8, 4) is 0 Å². The Kier molecular flexibility index (Phi) is 4.74. The number of halogens is 3. The van der Waals surface area contributed by atoms with Crippen molar-refractivity contribution in [3.63, 3.8) is 0 Å². The van der Waals surface area contributed by atoms with E-state index in [2.05, 4.69) is 4.40 Å². The molecular weight excluding hydrogens is 283 g/mol. The molecule has 92 valence electrons. The molecular formula is C7H8F3NO2S3. The van der Waals surface area contributed by atoms with E-state index < -0.39 is 32.9 Å². The van der Waals surface area contributed by atoms with Gasteiger partial charge in [-0.2, -0.15) is 8.78 Å². The van der Waals surface area contributed by atoms with E-state index in [4.69, 9.17) is 0 Å². The first-order valence-electron chi connectivity index (χ1n) is 4.16. The quantitative estimate of drug-likeness (QED) is 0.802. The normalized spacial score (nSPS) is 23.0. The standard InChI is InChI=1S/C7H8F3NO2S3/c1-4-15-7(11-16(4,12)13)14-3-2-5(8)6(9)10/h4H,2-3H2,1H3. The summed E-state index contributed by atoms with van der Waals surface area (Å²) in [4.78, 5) is 0. The molecule has 0 saturated heterocycles. The molecule has 1 atom stereocenters. The molecule has 16 heavy (non-hydrogen) atoms. The highest BCUT2D eigenvalue weighted by Gasteiger charge is 2.30. The van der Waals surface area contributed by atoms with Gasteiger partial charge in [-0.1, -0.05) is 23.5 Å². The summed E-state index contributed by atoms with van der Waals surface area (Å²) in [5.74, 6) is -1.43. The molecule has 0 radical (unpaired) electrons. The van der Waals surface area contributed by atoms with Crippen LogP contribution in [0, 0.1) is 0 Å². The number of thioether (sulfide) groups is 2. The van der Waals surface area contributed by atoms with Gasteiger partial charge in [-0.3, -0.25) is 0 Å². The molecule has 9 heteroatoms. The summed E-state index contributed by atoms with van der Waals surface area (Å²) in [5.41, 5.74) is 0. The van der Waals surface area contributed by atoms with Gasteiger partial charge < -0.3 is 0 Å². The molecule has 0 spiro atoms. The van der Waals surface area contributed by atoms with Crippen LogP contribution in [0.4, 0.5) is 13.2 Å². The first kappa shape index (κ1) is 13.9. The minimum Gasteiger partial charge on any atom is -0.206 e. The Labute approximate surface area is 99.6 Å². The highest BCUT2D eigenvalue weighted by Crippen LogP contribution is 2.34. The fourth-order valence-corrected chi connectivity index (χ4v) is 4.91. The van der Waals surface area contributed by atoms with Gasteiger partial charge in [0.15, 0.2) is 5.83 Å². The topological polar surface area (TPSA) is 46.5 Å².